The van der Waals surface area contributed by atoms with Crippen molar-refractivity contribution in [2.24, 2.45) is 5.92 Å². The molecule has 1 N–H and O–H groups in total. The Bertz CT molecular complexity index is 712. The van der Waals surface area contributed by atoms with Crippen molar-refractivity contribution in [3.05, 3.63) is 28.8 Å². The summed E-state index contributed by atoms with van der Waals surface area (Å²) in [7, 11) is -3.52. The SMILES string of the molecule is CC[C@H](C)NC(=O)C1CCN(S(=O)(=O)c2c(C)cc(C)cc2C)CC1. The van der Waals surface area contributed by atoms with E-state index < -0.39 is 10.0 Å². The predicted octanol–water partition coefficient (Wildman–Crippen LogP) is 2.93. The Labute approximate surface area is 151 Å². The topological polar surface area (TPSA) is 66.5 Å². The van der Waals surface area contributed by atoms with E-state index in [0.717, 1.165) is 23.1 Å². The molecule has 1 aromatic carbocycles. The molecule has 5 nitrogen and oxygen atoms in total. The van der Waals surface area contributed by atoms with Crippen LogP contribution in [0.15, 0.2) is 17.0 Å². The van der Waals surface area contributed by atoms with Gasteiger partial charge in [-0.1, -0.05) is 24.6 Å². The van der Waals surface area contributed by atoms with Gasteiger partial charge in [0, 0.05) is 25.0 Å². The number of nitrogens with one attached hydrogen (secondary N) is 1. The van der Waals surface area contributed by atoms with Crippen LogP contribution in [-0.4, -0.2) is 37.8 Å². The Morgan fingerprint density at radius 2 is 1.72 bits per heavy atom. The van der Waals surface area contributed by atoms with Gasteiger partial charge < -0.3 is 5.32 Å². The maximum Gasteiger partial charge on any atom is 0.243 e. The summed E-state index contributed by atoms with van der Waals surface area (Å²) in [5.41, 5.74) is 2.64. The van der Waals surface area contributed by atoms with E-state index in [9.17, 15) is 13.2 Å². The molecule has 1 heterocycles. The van der Waals surface area contributed by atoms with Gasteiger partial charge in [-0.25, -0.2) is 8.42 Å². The van der Waals surface area contributed by atoms with Crippen molar-refractivity contribution >= 4 is 15.9 Å². The van der Waals surface area contributed by atoms with E-state index >= 15 is 0 Å². The maximum absolute atomic E-state index is 13.1. The number of nitrogens with zero attached hydrogens (tertiary/aromatic N) is 1. The summed E-state index contributed by atoms with van der Waals surface area (Å²) >= 11 is 0. The van der Waals surface area contributed by atoms with Gasteiger partial charge in [-0.15, -0.1) is 0 Å². The van der Waals surface area contributed by atoms with Gasteiger partial charge in [0.1, 0.15) is 0 Å². The second-order valence-corrected chi connectivity index (χ2v) is 9.10. The van der Waals surface area contributed by atoms with Crippen LogP contribution in [0, 0.1) is 26.7 Å². The fraction of sp³-hybridized carbons (Fsp3) is 0.632. The van der Waals surface area contributed by atoms with Gasteiger partial charge in [0.2, 0.25) is 15.9 Å². The van der Waals surface area contributed by atoms with Crippen LogP contribution in [0.4, 0.5) is 0 Å². The number of amides is 1. The van der Waals surface area contributed by atoms with E-state index in [0.29, 0.717) is 30.8 Å². The second kappa shape index (κ2) is 7.87. The van der Waals surface area contributed by atoms with Crippen LogP contribution < -0.4 is 5.32 Å². The molecule has 0 saturated carbocycles. The second-order valence-electron chi connectivity index (χ2n) is 7.22. The van der Waals surface area contributed by atoms with Gasteiger partial charge in [0.05, 0.1) is 4.90 Å². The predicted molar refractivity (Wildman–Crippen MR) is 100 cm³/mol. The molecule has 25 heavy (non-hydrogen) atoms. The molecule has 0 spiro atoms. The summed E-state index contributed by atoms with van der Waals surface area (Å²) in [5, 5.41) is 3.00. The van der Waals surface area contributed by atoms with Crippen LogP contribution in [0.5, 0.6) is 0 Å². The number of rotatable bonds is 5. The number of carbonyl (C=O) groups excluding carboxylic acids is 1. The van der Waals surface area contributed by atoms with Crippen molar-refractivity contribution in [2.45, 2.75) is 64.8 Å². The molecule has 1 aliphatic heterocycles. The molecule has 0 aromatic heterocycles. The quantitative estimate of drug-likeness (QED) is 0.871. The molecule has 0 radical (unpaired) electrons. The fourth-order valence-corrected chi connectivity index (χ4v) is 5.41. The highest BCUT2D eigenvalue weighted by atomic mass is 32.2. The van der Waals surface area contributed by atoms with Gasteiger partial charge in [-0.2, -0.15) is 4.31 Å². The Morgan fingerprint density at radius 1 is 1.20 bits per heavy atom. The van der Waals surface area contributed by atoms with E-state index in [1.807, 2.05) is 46.8 Å². The number of carbonyl (C=O) groups is 1. The van der Waals surface area contributed by atoms with Crippen molar-refractivity contribution < 1.29 is 13.2 Å². The van der Waals surface area contributed by atoms with E-state index in [2.05, 4.69) is 5.32 Å². The number of sulfonamides is 1. The molecule has 1 fully saturated rings. The highest BCUT2D eigenvalue weighted by Crippen LogP contribution is 2.28. The molecule has 1 aliphatic rings. The molecule has 1 aromatic rings. The highest BCUT2D eigenvalue weighted by molar-refractivity contribution is 7.89. The lowest BCUT2D eigenvalue weighted by Crippen LogP contribution is -2.44. The number of hydrogen-bond donors (Lipinski definition) is 1. The maximum atomic E-state index is 13.1. The largest absolute Gasteiger partial charge is 0.353 e. The fourth-order valence-electron chi connectivity index (χ4n) is 3.52. The van der Waals surface area contributed by atoms with Crippen LogP contribution >= 0.6 is 0 Å². The summed E-state index contributed by atoms with van der Waals surface area (Å²) in [6, 6.07) is 3.98. The van der Waals surface area contributed by atoms with E-state index in [1.54, 1.807) is 0 Å². The smallest absolute Gasteiger partial charge is 0.243 e. The van der Waals surface area contributed by atoms with Crippen molar-refractivity contribution in [2.75, 3.05) is 13.1 Å². The Morgan fingerprint density at radius 3 is 2.20 bits per heavy atom. The van der Waals surface area contributed by atoms with Crippen LogP contribution in [0.1, 0.15) is 49.8 Å². The minimum absolute atomic E-state index is 0.0501. The normalized spacial score (nSPS) is 18.1. The van der Waals surface area contributed by atoms with E-state index in [1.165, 1.54) is 4.31 Å². The average molecular weight is 367 g/mol. The highest BCUT2D eigenvalue weighted by Gasteiger charge is 2.33. The van der Waals surface area contributed by atoms with Crippen LogP contribution in [-0.2, 0) is 14.8 Å². The van der Waals surface area contributed by atoms with E-state index in [-0.39, 0.29) is 17.9 Å². The Hall–Kier alpha value is -1.40. The molecule has 0 bridgehead atoms. The molecule has 0 aliphatic carbocycles. The molecular formula is C19H30N2O3S. The first-order valence-electron chi connectivity index (χ1n) is 9.05. The molecule has 6 heteroatoms. The summed E-state index contributed by atoms with van der Waals surface area (Å²) < 4.78 is 27.7. The summed E-state index contributed by atoms with van der Waals surface area (Å²) in [4.78, 5) is 12.7. The molecule has 0 unspecified atom stereocenters. The van der Waals surface area contributed by atoms with Crippen molar-refractivity contribution in [3.8, 4) is 0 Å². The Kier molecular flexibility index (Phi) is 6.27. The zero-order valence-corrected chi connectivity index (χ0v) is 16.7. The molecule has 1 atom stereocenters. The van der Waals surface area contributed by atoms with Gasteiger partial charge in [-0.05, 0) is 58.1 Å². The molecule has 1 amide bonds. The van der Waals surface area contributed by atoms with E-state index in [4.69, 9.17) is 0 Å². The van der Waals surface area contributed by atoms with Gasteiger partial charge in [0.25, 0.3) is 0 Å². The summed E-state index contributed by atoms with van der Waals surface area (Å²) in [6.45, 7) is 10.5. The lowest BCUT2D eigenvalue weighted by Gasteiger charge is -2.32. The number of benzene rings is 1. The monoisotopic (exact) mass is 366 g/mol. The number of hydrogen-bond acceptors (Lipinski definition) is 3. The van der Waals surface area contributed by atoms with Gasteiger partial charge in [0.15, 0.2) is 0 Å². The van der Waals surface area contributed by atoms with Gasteiger partial charge in [-0.3, -0.25) is 4.79 Å². The number of aryl methyl sites for hydroxylation is 3. The van der Waals surface area contributed by atoms with Crippen LogP contribution in [0.2, 0.25) is 0 Å². The molecular weight excluding hydrogens is 336 g/mol. The van der Waals surface area contributed by atoms with Crippen molar-refractivity contribution in [1.29, 1.82) is 0 Å². The minimum Gasteiger partial charge on any atom is -0.353 e. The third-order valence-corrected chi connectivity index (χ3v) is 7.23. The third kappa shape index (κ3) is 4.42. The number of piperidine rings is 1. The van der Waals surface area contributed by atoms with Crippen molar-refractivity contribution in [1.82, 2.24) is 9.62 Å². The standard InChI is InChI=1S/C19H30N2O3S/c1-6-16(5)20-19(22)17-7-9-21(10-8-17)25(23,24)18-14(3)11-13(2)12-15(18)4/h11-12,16-17H,6-10H2,1-5H3,(H,20,22)/t16-/m0/s1. The first-order chi connectivity index (χ1) is 11.7. The zero-order valence-electron chi connectivity index (χ0n) is 15.9. The van der Waals surface area contributed by atoms with Crippen LogP contribution in [0.3, 0.4) is 0 Å². The third-order valence-electron chi connectivity index (χ3n) is 5.03. The summed E-state index contributed by atoms with van der Waals surface area (Å²) in [5.74, 6) is -0.0465. The lowest BCUT2D eigenvalue weighted by atomic mass is 9.97. The first kappa shape index (κ1) is 19.9. The Balaban J connectivity index is 2.11. The minimum atomic E-state index is -3.52. The van der Waals surface area contributed by atoms with Gasteiger partial charge >= 0.3 is 0 Å². The molecule has 2 rings (SSSR count). The molecule has 140 valence electrons. The van der Waals surface area contributed by atoms with Crippen molar-refractivity contribution in [3.63, 3.8) is 0 Å². The zero-order chi connectivity index (χ0) is 18.8. The van der Waals surface area contributed by atoms with Crippen LogP contribution in [0.25, 0.3) is 0 Å². The first-order valence-corrected chi connectivity index (χ1v) is 10.5. The lowest BCUT2D eigenvalue weighted by molar-refractivity contribution is -0.126. The average Bonchev–Trinajstić information content (AvgIpc) is 2.53. The molecule has 1 saturated heterocycles. The summed E-state index contributed by atoms with van der Waals surface area (Å²) in [6.07, 6.45) is 2.04.